The number of hydrogen-bond acceptors (Lipinski definition) is 2. The summed E-state index contributed by atoms with van der Waals surface area (Å²) >= 11 is 4.59. The van der Waals surface area contributed by atoms with Gasteiger partial charge in [-0.25, -0.2) is 0 Å². The van der Waals surface area contributed by atoms with E-state index in [0.717, 1.165) is 6.42 Å². The number of nitrogens with zero attached hydrogens (tertiary/aromatic N) is 1. The van der Waals surface area contributed by atoms with Crippen molar-refractivity contribution in [1.29, 1.82) is 0 Å². The average Bonchev–Trinajstić information content (AvgIpc) is 2.45. The summed E-state index contributed by atoms with van der Waals surface area (Å²) in [6.45, 7) is 0. The Morgan fingerprint density at radius 2 is 2.23 bits per heavy atom. The first-order valence-corrected chi connectivity index (χ1v) is 5.39. The highest BCUT2D eigenvalue weighted by Crippen LogP contribution is 2.41. The molecule has 0 spiro atoms. The maximum absolute atomic E-state index is 4.59. The van der Waals surface area contributed by atoms with Crippen molar-refractivity contribution in [3.8, 4) is 0 Å². The molecule has 0 heterocycles. The van der Waals surface area contributed by atoms with Crippen LogP contribution >= 0.6 is 12.6 Å². The van der Waals surface area contributed by atoms with Crippen molar-refractivity contribution in [2.75, 3.05) is 14.1 Å². The molecule has 2 unspecified atom stereocenters. The predicted octanol–water partition coefficient (Wildman–Crippen LogP) is 2.47. The Kier molecular flexibility index (Phi) is 2.52. The molecule has 0 amide bonds. The molecular formula is C11H17NS. The molecule has 0 saturated carbocycles. The maximum Gasteiger partial charge on any atom is 0.0235 e. The largest absolute Gasteiger partial charge is 0.305 e. The first-order chi connectivity index (χ1) is 6.20. The van der Waals surface area contributed by atoms with Crippen molar-refractivity contribution in [1.82, 2.24) is 4.90 Å². The fraction of sp³-hybridized carbons (Fsp3) is 0.636. The van der Waals surface area contributed by atoms with Crippen LogP contribution in [0.1, 0.15) is 19.3 Å². The third-order valence-corrected chi connectivity index (χ3v) is 3.65. The zero-order chi connectivity index (χ0) is 9.42. The molecule has 2 aliphatic carbocycles. The Labute approximate surface area is 85.9 Å². The summed E-state index contributed by atoms with van der Waals surface area (Å²) in [5, 5.41) is 0. The normalized spacial score (nSPS) is 32.9. The SMILES string of the molecule is CN(C)C1CC(S)=C2CCC=CC21. The van der Waals surface area contributed by atoms with E-state index >= 15 is 0 Å². The number of rotatable bonds is 1. The van der Waals surface area contributed by atoms with Crippen molar-refractivity contribution in [2.24, 2.45) is 5.92 Å². The lowest BCUT2D eigenvalue weighted by Gasteiger charge is -2.27. The second-order valence-corrected chi connectivity index (χ2v) is 4.74. The topological polar surface area (TPSA) is 3.24 Å². The van der Waals surface area contributed by atoms with E-state index in [9.17, 15) is 0 Å². The summed E-state index contributed by atoms with van der Waals surface area (Å²) in [5.74, 6) is 0.649. The van der Waals surface area contributed by atoms with E-state index in [1.807, 2.05) is 0 Å². The number of thiol groups is 1. The van der Waals surface area contributed by atoms with E-state index in [1.54, 1.807) is 5.57 Å². The summed E-state index contributed by atoms with van der Waals surface area (Å²) in [5.41, 5.74) is 1.59. The van der Waals surface area contributed by atoms with Gasteiger partial charge in [-0.1, -0.05) is 17.7 Å². The van der Waals surface area contributed by atoms with Crippen LogP contribution in [-0.4, -0.2) is 25.0 Å². The second kappa shape index (κ2) is 3.50. The van der Waals surface area contributed by atoms with Gasteiger partial charge in [0, 0.05) is 12.0 Å². The molecule has 72 valence electrons. The highest BCUT2D eigenvalue weighted by atomic mass is 32.1. The van der Waals surface area contributed by atoms with Gasteiger partial charge >= 0.3 is 0 Å². The molecule has 0 aromatic carbocycles. The van der Waals surface area contributed by atoms with Gasteiger partial charge in [0.2, 0.25) is 0 Å². The monoisotopic (exact) mass is 195 g/mol. The van der Waals surface area contributed by atoms with Crippen LogP contribution in [0.25, 0.3) is 0 Å². The number of hydrogen-bond donors (Lipinski definition) is 1. The highest BCUT2D eigenvalue weighted by molar-refractivity contribution is 7.84. The summed E-state index contributed by atoms with van der Waals surface area (Å²) in [6, 6.07) is 0.652. The van der Waals surface area contributed by atoms with E-state index in [-0.39, 0.29) is 0 Å². The molecule has 1 nitrogen and oxygen atoms in total. The fourth-order valence-electron chi connectivity index (χ4n) is 2.42. The quantitative estimate of drug-likeness (QED) is 0.497. The lowest BCUT2D eigenvalue weighted by Crippen LogP contribution is -2.32. The van der Waals surface area contributed by atoms with Crippen molar-refractivity contribution in [3.05, 3.63) is 22.6 Å². The number of allylic oxidation sites excluding steroid dienone is 1. The van der Waals surface area contributed by atoms with Crippen molar-refractivity contribution in [3.63, 3.8) is 0 Å². The van der Waals surface area contributed by atoms with Crippen molar-refractivity contribution < 1.29 is 0 Å². The molecule has 0 fully saturated rings. The molecule has 0 N–H and O–H groups in total. The summed E-state index contributed by atoms with van der Waals surface area (Å²) in [6.07, 6.45) is 8.25. The molecule has 2 rings (SSSR count). The molecular weight excluding hydrogens is 178 g/mol. The maximum atomic E-state index is 4.59. The lowest BCUT2D eigenvalue weighted by atomic mass is 9.89. The van der Waals surface area contributed by atoms with Crippen LogP contribution in [0.2, 0.25) is 0 Å². The third-order valence-electron chi connectivity index (χ3n) is 3.18. The smallest absolute Gasteiger partial charge is 0.0235 e. The minimum absolute atomic E-state index is 0.649. The van der Waals surface area contributed by atoms with Gasteiger partial charge < -0.3 is 4.90 Å². The van der Waals surface area contributed by atoms with Crippen LogP contribution in [0, 0.1) is 5.92 Å². The van der Waals surface area contributed by atoms with E-state index in [1.165, 1.54) is 17.7 Å². The minimum Gasteiger partial charge on any atom is -0.305 e. The van der Waals surface area contributed by atoms with Crippen LogP contribution in [0.15, 0.2) is 22.6 Å². The third kappa shape index (κ3) is 1.57. The van der Waals surface area contributed by atoms with Crippen LogP contribution in [0.3, 0.4) is 0 Å². The summed E-state index contributed by atoms with van der Waals surface area (Å²) in [7, 11) is 4.33. The molecule has 0 saturated heterocycles. The Bertz CT molecular complexity index is 265. The van der Waals surface area contributed by atoms with Crippen molar-refractivity contribution in [2.45, 2.75) is 25.3 Å². The van der Waals surface area contributed by atoms with Gasteiger partial charge in [-0.3, -0.25) is 0 Å². The van der Waals surface area contributed by atoms with Gasteiger partial charge in [-0.05, 0) is 38.3 Å². The highest BCUT2D eigenvalue weighted by Gasteiger charge is 2.33. The summed E-state index contributed by atoms with van der Waals surface area (Å²) in [4.78, 5) is 3.66. The zero-order valence-electron chi connectivity index (χ0n) is 8.33. The first-order valence-electron chi connectivity index (χ1n) is 4.94. The average molecular weight is 195 g/mol. The van der Waals surface area contributed by atoms with Gasteiger partial charge in [-0.2, -0.15) is 0 Å². The lowest BCUT2D eigenvalue weighted by molar-refractivity contribution is 0.267. The molecule has 2 atom stereocenters. The molecule has 0 radical (unpaired) electrons. The molecule has 0 bridgehead atoms. The standard InChI is InChI=1S/C11H17NS/c1-12(2)10-7-11(13)9-6-4-3-5-8(9)10/h3,5,8,10,13H,4,6-7H2,1-2H3. The van der Waals surface area contributed by atoms with Gasteiger partial charge in [-0.15, -0.1) is 12.6 Å². The number of fused-ring (bicyclic) bond motifs is 1. The molecule has 2 heteroatoms. The van der Waals surface area contributed by atoms with Crippen LogP contribution in [-0.2, 0) is 0 Å². The zero-order valence-corrected chi connectivity index (χ0v) is 9.22. The van der Waals surface area contributed by atoms with Crippen LogP contribution in [0.4, 0.5) is 0 Å². The molecule has 0 aromatic rings. The van der Waals surface area contributed by atoms with Gasteiger partial charge in [0.1, 0.15) is 0 Å². The minimum atomic E-state index is 0.649. The van der Waals surface area contributed by atoms with Gasteiger partial charge in [0.15, 0.2) is 0 Å². The van der Waals surface area contributed by atoms with Crippen LogP contribution < -0.4 is 0 Å². The Morgan fingerprint density at radius 3 is 2.92 bits per heavy atom. The van der Waals surface area contributed by atoms with E-state index in [2.05, 4.69) is 43.8 Å². The van der Waals surface area contributed by atoms with Gasteiger partial charge in [0.05, 0.1) is 0 Å². The molecule has 0 aromatic heterocycles. The molecule has 13 heavy (non-hydrogen) atoms. The van der Waals surface area contributed by atoms with Gasteiger partial charge in [0.25, 0.3) is 0 Å². The Morgan fingerprint density at radius 1 is 1.46 bits per heavy atom. The fourth-order valence-corrected chi connectivity index (χ4v) is 2.87. The first kappa shape index (κ1) is 9.35. The van der Waals surface area contributed by atoms with E-state index in [0.29, 0.717) is 12.0 Å². The van der Waals surface area contributed by atoms with Crippen molar-refractivity contribution >= 4 is 12.6 Å². The predicted molar refractivity (Wildman–Crippen MR) is 60.0 cm³/mol. The molecule has 0 aliphatic heterocycles. The van der Waals surface area contributed by atoms with Crippen LogP contribution in [0.5, 0.6) is 0 Å². The molecule has 2 aliphatic rings. The second-order valence-electron chi connectivity index (χ2n) is 4.20. The Hall–Kier alpha value is -0.210. The van der Waals surface area contributed by atoms with E-state index < -0.39 is 0 Å². The van der Waals surface area contributed by atoms with E-state index in [4.69, 9.17) is 0 Å². The Balaban J connectivity index is 2.25. The summed E-state index contributed by atoms with van der Waals surface area (Å²) < 4.78 is 0.